The van der Waals surface area contributed by atoms with Crippen LogP contribution in [0.15, 0.2) is 39.7 Å². The van der Waals surface area contributed by atoms with Gasteiger partial charge in [0.1, 0.15) is 11.3 Å². The van der Waals surface area contributed by atoms with E-state index in [0.29, 0.717) is 17.5 Å². The number of nitrogens with one attached hydrogen (secondary N) is 1. The summed E-state index contributed by atoms with van der Waals surface area (Å²) < 4.78 is 5.29. The molecule has 0 spiro atoms. The summed E-state index contributed by atoms with van der Waals surface area (Å²) in [6, 6.07) is 7.31. The summed E-state index contributed by atoms with van der Waals surface area (Å²) in [5.41, 5.74) is 0.430. The maximum absolute atomic E-state index is 12.8. The van der Waals surface area contributed by atoms with Crippen molar-refractivity contribution in [1.29, 1.82) is 0 Å². The Morgan fingerprint density at radius 1 is 1.12 bits per heavy atom. The number of hydrogen-bond acceptors (Lipinski definition) is 4. The Morgan fingerprint density at radius 3 is 2.68 bits per heavy atom. The molecule has 2 aliphatic rings. The van der Waals surface area contributed by atoms with E-state index in [4.69, 9.17) is 4.42 Å². The second-order valence-corrected chi connectivity index (χ2v) is 6.88. The first-order valence-corrected chi connectivity index (χ1v) is 9.03. The van der Waals surface area contributed by atoms with Crippen molar-refractivity contribution < 1.29 is 9.21 Å². The molecule has 132 valence electrons. The molecule has 2 aliphatic heterocycles. The molecule has 2 aromatic rings. The SMILES string of the molecule is O=C(c1ccc(-c2ccco2)[nH]c1=O)N1CCC[C@H](N2CCCC2)C1. The Labute approximate surface area is 146 Å². The van der Waals surface area contributed by atoms with Gasteiger partial charge in [0.2, 0.25) is 0 Å². The molecule has 2 aromatic heterocycles. The number of piperidine rings is 1. The number of amides is 1. The van der Waals surface area contributed by atoms with Crippen LogP contribution in [0.1, 0.15) is 36.0 Å². The average molecular weight is 341 g/mol. The number of hydrogen-bond donors (Lipinski definition) is 1. The van der Waals surface area contributed by atoms with Gasteiger partial charge in [-0.1, -0.05) is 0 Å². The second-order valence-electron chi connectivity index (χ2n) is 6.88. The smallest absolute Gasteiger partial charge is 0.261 e. The molecule has 25 heavy (non-hydrogen) atoms. The molecule has 0 radical (unpaired) electrons. The third-order valence-corrected chi connectivity index (χ3v) is 5.27. The molecule has 4 heterocycles. The predicted molar refractivity (Wildman–Crippen MR) is 94.5 cm³/mol. The lowest BCUT2D eigenvalue weighted by atomic mass is 10.0. The zero-order valence-electron chi connectivity index (χ0n) is 14.2. The van der Waals surface area contributed by atoms with Gasteiger partial charge in [-0.25, -0.2) is 0 Å². The average Bonchev–Trinajstić information content (AvgIpc) is 3.35. The summed E-state index contributed by atoms with van der Waals surface area (Å²) in [7, 11) is 0. The molecule has 0 aromatic carbocycles. The molecule has 4 rings (SSSR count). The van der Waals surface area contributed by atoms with E-state index in [9.17, 15) is 9.59 Å². The van der Waals surface area contributed by atoms with Crippen molar-refractivity contribution in [3.05, 3.63) is 46.4 Å². The van der Waals surface area contributed by atoms with Crippen LogP contribution >= 0.6 is 0 Å². The quantitative estimate of drug-likeness (QED) is 0.930. The molecule has 1 N–H and O–H groups in total. The first-order chi connectivity index (χ1) is 12.2. The fraction of sp³-hybridized carbons (Fsp3) is 0.474. The van der Waals surface area contributed by atoms with E-state index in [1.807, 2.05) is 4.90 Å². The van der Waals surface area contributed by atoms with Crippen LogP contribution in [0.4, 0.5) is 0 Å². The molecule has 0 saturated carbocycles. The van der Waals surface area contributed by atoms with Crippen LogP contribution in [0, 0.1) is 0 Å². The van der Waals surface area contributed by atoms with Gasteiger partial charge in [0.15, 0.2) is 0 Å². The number of carbonyl (C=O) groups is 1. The van der Waals surface area contributed by atoms with Crippen LogP contribution in [-0.2, 0) is 0 Å². The summed E-state index contributed by atoms with van der Waals surface area (Å²) >= 11 is 0. The Morgan fingerprint density at radius 2 is 1.96 bits per heavy atom. The lowest BCUT2D eigenvalue weighted by molar-refractivity contribution is 0.0606. The molecular formula is C19H23N3O3. The monoisotopic (exact) mass is 341 g/mol. The van der Waals surface area contributed by atoms with Gasteiger partial charge in [-0.2, -0.15) is 0 Å². The lowest BCUT2D eigenvalue weighted by Gasteiger charge is -2.37. The fourth-order valence-electron chi connectivity index (χ4n) is 3.93. The zero-order valence-corrected chi connectivity index (χ0v) is 14.2. The Hall–Kier alpha value is -2.34. The van der Waals surface area contributed by atoms with Crippen molar-refractivity contribution in [2.24, 2.45) is 0 Å². The number of nitrogens with zero attached hydrogens (tertiary/aromatic N) is 2. The van der Waals surface area contributed by atoms with Gasteiger partial charge in [-0.3, -0.25) is 14.5 Å². The van der Waals surface area contributed by atoms with E-state index in [2.05, 4.69) is 9.88 Å². The number of pyridine rings is 1. The number of furan rings is 1. The summed E-state index contributed by atoms with van der Waals surface area (Å²) in [5.74, 6) is 0.416. The van der Waals surface area contributed by atoms with Gasteiger partial charge in [0, 0.05) is 19.1 Å². The minimum Gasteiger partial charge on any atom is -0.463 e. The van der Waals surface area contributed by atoms with Crippen molar-refractivity contribution in [2.45, 2.75) is 31.7 Å². The highest BCUT2D eigenvalue weighted by atomic mass is 16.3. The Balaban J connectivity index is 1.51. The molecule has 0 unspecified atom stereocenters. The van der Waals surface area contributed by atoms with Crippen molar-refractivity contribution in [3.8, 4) is 11.5 Å². The second kappa shape index (κ2) is 6.88. The van der Waals surface area contributed by atoms with Crippen molar-refractivity contribution in [3.63, 3.8) is 0 Å². The number of likely N-dealkylation sites (tertiary alicyclic amines) is 2. The number of rotatable bonds is 3. The standard InChI is InChI=1S/C19H23N3O3/c23-18-15(7-8-16(20-18)17-6-4-12-25-17)19(24)22-11-3-5-14(13-22)21-9-1-2-10-21/h4,6-8,12,14H,1-3,5,9-11,13H2,(H,20,23)/t14-/m0/s1. The first kappa shape index (κ1) is 16.1. The molecule has 1 atom stereocenters. The largest absolute Gasteiger partial charge is 0.463 e. The third-order valence-electron chi connectivity index (χ3n) is 5.27. The van der Waals surface area contributed by atoms with Crippen molar-refractivity contribution in [2.75, 3.05) is 26.2 Å². The van der Waals surface area contributed by atoms with E-state index in [-0.39, 0.29) is 17.0 Å². The molecular weight excluding hydrogens is 318 g/mol. The molecule has 1 amide bonds. The van der Waals surface area contributed by atoms with Crippen molar-refractivity contribution >= 4 is 5.91 Å². The normalized spacial score (nSPS) is 21.6. The molecule has 2 saturated heterocycles. The van der Waals surface area contributed by atoms with Crippen LogP contribution in [0.5, 0.6) is 0 Å². The number of aromatic amines is 1. The molecule has 6 heteroatoms. The van der Waals surface area contributed by atoms with Crippen LogP contribution in [-0.4, -0.2) is 52.9 Å². The maximum Gasteiger partial charge on any atom is 0.261 e. The van der Waals surface area contributed by atoms with Gasteiger partial charge in [-0.15, -0.1) is 0 Å². The van der Waals surface area contributed by atoms with Crippen LogP contribution in [0.3, 0.4) is 0 Å². The first-order valence-electron chi connectivity index (χ1n) is 9.03. The van der Waals surface area contributed by atoms with Crippen LogP contribution < -0.4 is 5.56 Å². The lowest BCUT2D eigenvalue weighted by Crippen LogP contribution is -2.49. The molecule has 2 fully saturated rings. The number of aromatic nitrogens is 1. The highest BCUT2D eigenvalue weighted by Crippen LogP contribution is 2.22. The topological polar surface area (TPSA) is 69.5 Å². The van der Waals surface area contributed by atoms with E-state index < -0.39 is 0 Å². The Kier molecular flexibility index (Phi) is 4.44. The number of H-pyrrole nitrogens is 1. The Bertz CT molecular complexity index is 790. The molecule has 0 bridgehead atoms. The molecule has 6 nitrogen and oxygen atoms in total. The van der Waals surface area contributed by atoms with Crippen LogP contribution in [0.2, 0.25) is 0 Å². The van der Waals surface area contributed by atoms with E-state index >= 15 is 0 Å². The van der Waals surface area contributed by atoms with Gasteiger partial charge < -0.3 is 14.3 Å². The van der Waals surface area contributed by atoms with E-state index in [0.717, 1.165) is 39.0 Å². The molecule has 0 aliphatic carbocycles. The summed E-state index contributed by atoms with van der Waals surface area (Å²) in [6.45, 7) is 3.71. The number of carbonyl (C=O) groups excluding carboxylic acids is 1. The van der Waals surface area contributed by atoms with Crippen LogP contribution in [0.25, 0.3) is 11.5 Å². The third kappa shape index (κ3) is 3.26. The fourth-order valence-corrected chi connectivity index (χ4v) is 3.93. The minimum absolute atomic E-state index is 0.170. The highest BCUT2D eigenvalue weighted by molar-refractivity contribution is 5.94. The minimum atomic E-state index is -0.359. The van der Waals surface area contributed by atoms with Gasteiger partial charge in [-0.05, 0) is 63.0 Å². The summed E-state index contributed by atoms with van der Waals surface area (Å²) in [6.07, 6.45) is 6.18. The van der Waals surface area contributed by atoms with E-state index in [1.54, 1.807) is 30.5 Å². The van der Waals surface area contributed by atoms with Gasteiger partial charge in [0.05, 0.1) is 12.0 Å². The van der Waals surface area contributed by atoms with Gasteiger partial charge in [0.25, 0.3) is 11.5 Å². The summed E-state index contributed by atoms with van der Waals surface area (Å²) in [4.78, 5) is 32.3. The predicted octanol–water partition coefficient (Wildman–Crippen LogP) is 2.34. The maximum atomic E-state index is 12.8. The zero-order chi connectivity index (χ0) is 17.2. The highest BCUT2D eigenvalue weighted by Gasteiger charge is 2.30. The van der Waals surface area contributed by atoms with Crippen molar-refractivity contribution in [1.82, 2.24) is 14.8 Å². The van der Waals surface area contributed by atoms with E-state index in [1.165, 1.54) is 12.8 Å². The summed E-state index contributed by atoms with van der Waals surface area (Å²) in [5, 5.41) is 0. The van der Waals surface area contributed by atoms with Gasteiger partial charge >= 0.3 is 0 Å².